The Hall–Kier alpha value is -3.06. The van der Waals surface area contributed by atoms with Crippen LogP contribution in [0.5, 0.6) is 0 Å². The smallest absolute Gasteiger partial charge is 0.305 e. The normalized spacial score (nSPS) is 22.3. The molecule has 0 aliphatic carbocycles. The molecule has 2 atom stereocenters. The van der Waals surface area contributed by atoms with Crippen molar-refractivity contribution >= 4 is 16.8 Å². The Balaban J connectivity index is 1.35. The first-order chi connectivity index (χ1) is 15.3. The molecule has 0 spiro atoms. The number of ketones is 1. The van der Waals surface area contributed by atoms with Crippen LogP contribution >= 0.6 is 0 Å². The lowest BCUT2D eigenvalue weighted by molar-refractivity contribution is 0.0944. The Morgan fingerprint density at radius 2 is 1.88 bits per heavy atom. The number of carbonyl (C=O) groups excluding carboxylic acids is 1. The van der Waals surface area contributed by atoms with Crippen LogP contribution in [0.15, 0.2) is 52.1 Å². The Morgan fingerprint density at radius 3 is 2.62 bits per heavy atom. The van der Waals surface area contributed by atoms with Crippen molar-refractivity contribution in [3.8, 4) is 0 Å². The van der Waals surface area contributed by atoms with Gasteiger partial charge in [0, 0.05) is 43.6 Å². The molecule has 166 valence electrons. The number of Topliss-reactive ketones (excluding diaryl/α,β-unsaturated/α-hetero) is 1. The Bertz CT molecular complexity index is 1340. The Morgan fingerprint density at radius 1 is 1.12 bits per heavy atom. The second-order valence-electron chi connectivity index (χ2n) is 9.24. The zero-order chi connectivity index (χ0) is 22.6. The summed E-state index contributed by atoms with van der Waals surface area (Å²) >= 11 is 0. The van der Waals surface area contributed by atoms with Gasteiger partial charge in [0.1, 0.15) is 5.82 Å². The number of halogens is 1. The lowest BCUT2D eigenvalue weighted by atomic mass is 9.74. The third-order valence-corrected chi connectivity index (χ3v) is 7.30. The van der Waals surface area contributed by atoms with Gasteiger partial charge in [-0.3, -0.25) is 19.0 Å². The average Bonchev–Trinajstić information content (AvgIpc) is 3.05. The molecule has 2 aliphatic rings. The van der Waals surface area contributed by atoms with Gasteiger partial charge in [-0.25, -0.2) is 4.39 Å². The summed E-state index contributed by atoms with van der Waals surface area (Å²) < 4.78 is 16.3. The molecular formula is C25H26FN3O3. The first-order valence-corrected chi connectivity index (χ1v) is 11.1. The van der Waals surface area contributed by atoms with Gasteiger partial charge in [0.2, 0.25) is 0 Å². The number of fused-ring (bicyclic) bond motifs is 3. The number of hydrogen-bond acceptors (Lipinski definition) is 4. The highest BCUT2D eigenvalue weighted by molar-refractivity contribution is 5.95. The van der Waals surface area contributed by atoms with Crippen LogP contribution in [-0.4, -0.2) is 39.5 Å². The molecular weight excluding hydrogens is 409 g/mol. The van der Waals surface area contributed by atoms with Gasteiger partial charge < -0.3 is 9.47 Å². The van der Waals surface area contributed by atoms with Gasteiger partial charge in [0.25, 0.3) is 0 Å². The van der Waals surface area contributed by atoms with Crippen LogP contribution in [-0.2, 0) is 12.5 Å². The summed E-state index contributed by atoms with van der Waals surface area (Å²) in [5, 5.41) is 0. The molecule has 0 amide bonds. The van der Waals surface area contributed by atoms with Crippen molar-refractivity contribution in [2.75, 3.05) is 19.6 Å². The molecule has 1 saturated heterocycles. The lowest BCUT2D eigenvalue weighted by Crippen LogP contribution is -2.51. The van der Waals surface area contributed by atoms with Crippen molar-refractivity contribution in [1.82, 2.24) is 14.0 Å². The van der Waals surface area contributed by atoms with Crippen LogP contribution in [0.25, 0.3) is 11.0 Å². The second-order valence-corrected chi connectivity index (χ2v) is 9.24. The van der Waals surface area contributed by atoms with E-state index in [-0.39, 0.29) is 23.1 Å². The number of hydrogen-bond donors (Lipinski definition) is 0. The molecule has 5 rings (SSSR count). The van der Waals surface area contributed by atoms with E-state index in [0.29, 0.717) is 18.4 Å². The standard InChI is InChI=1S/C25H26FN3O3/c1-25-15-28(13-4-7-20(30)16-8-10-17(26)11-9-16)14-12-21(25)29-22-18(25)5-3-6-19(22)27(2)23(31)24(29)32/h3,5-6,8-11,21H,4,7,12-15H2,1-2H3/t21-,25-/m1/s1. The van der Waals surface area contributed by atoms with Crippen LogP contribution in [0.3, 0.4) is 0 Å². The van der Waals surface area contributed by atoms with Crippen LogP contribution in [0.2, 0.25) is 0 Å². The molecule has 2 aromatic carbocycles. The molecule has 0 saturated carbocycles. The zero-order valence-corrected chi connectivity index (χ0v) is 18.3. The SMILES string of the molecule is Cn1c(=O)c(=O)n2c3c(cccc31)[C@@]1(C)CN(CCCC(=O)c3ccc(F)cc3)CC[C@@H]21. The highest BCUT2D eigenvalue weighted by Gasteiger charge is 2.48. The molecule has 0 unspecified atom stereocenters. The van der Waals surface area contributed by atoms with Gasteiger partial charge >= 0.3 is 11.1 Å². The van der Waals surface area contributed by atoms with Crippen molar-refractivity contribution < 1.29 is 9.18 Å². The Labute approximate surface area is 184 Å². The quantitative estimate of drug-likeness (QED) is 0.457. The van der Waals surface area contributed by atoms with Crippen LogP contribution in [0.4, 0.5) is 4.39 Å². The van der Waals surface area contributed by atoms with E-state index in [2.05, 4.69) is 17.9 Å². The minimum atomic E-state index is -0.486. The summed E-state index contributed by atoms with van der Waals surface area (Å²) in [7, 11) is 1.65. The van der Waals surface area contributed by atoms with Gasteiger partial charge in [0.15, 0.2) is 5.78 Å². The summed E-state index contributed by atoms with van der Waals surface area (Å²) in [6.45, 7) is 4.53. The van der Waals surface area contributed by atoms with Crippen LogP contribution in [0, 0.1) is 5.82 Å². The number of carbonyl (C=O) groups is 1. The number of piperidine rings is 1. The van der Waals surface area contributed by atoms with Gasteiger partial charge in [-0.1, -0.05) is 19.1 Å². The topological polar surface area (TPSA) is 64.3 Å². The predicted octanol–water partition coefficient (Wildman–Crippen LogP) is 3.02. The molecule has 3 heterocycles. The van der Waals surface area contributed by atoms with Gasteiger partial charge in [-0.05, 0) is 55.3 Å². The number of likely N-dealkylation sites (tertiary alicyclic amines) is 1. The number of rotatable bonds is 5. The molecule has 2 aliphatic heterocycles. The minimum Gasteiger partial charge on any atom is -0.305 e. The number of aryl methyl sites for hydroxylation is 1. The van der Waals surface area contributed by atoms with Crippen molar-refractivity contribution in [3.05, 3.63) is 80.1 Å². The molecule has 6 nitrogen and oxygen atoms in total. The largest absolute Gasteiger partial charge is 0.317 e. The van der Waals surface area contributed by atoms with Crippen molar-refractivity contribution in [1.29, 1.82) is 0 Å². The summed E-state index contributed by atoms with van der Waals surface area (Å²) in [5.41, 5.74) is 2.11. The maximum Gasteiger partial charge on any atom is 0.317 e. The van der Waals surface area contributed by atoms with E-state index in [1.54, 1.807) is 11.6 Å². The van der Waals surface area contributed by atoms with Crippen LogP contribution in [0.1, 0.15) is 48.1 Å². The molecule has 1 aromatic heterocycles. The summed E-state index contributed by atoms with van der Waals surface area (Å²) in [6, 6.07) is 11.6. The zero-order valence-electron chi connectivity index (χ0n) is 18.3. The summed E-state index contributed by atoms with van der Waals surface area (Å²) in [4.78, 5) is 40.2. The fraction of sp³-hybridized carbons (Fsp3) is 0.400. The number of benzene rings is 2. The molecule has 3 aromatic rings. The highest BCUT2D eigenvalue weighted by atomic mass is 19.1. The number of aromatic nitrogens is 2. The maximum absolute atomic E-state index is 13.1. The van der Waals surface area contributed by atoms with E-state index in [4.69, 9.17) is 0 Å². The average molecular weight is 435 g/mol. The van der Waals surface area contributed by atoms with Crippen molar-refractivity contribution in [2.45, 2.75) is 37.6 Å². The Kier molecular flexibility index (Phi) is 4.89. The number of para-hydroxylation sites is 1. The van der Waals surface area contributed by atoms with Gasteiger partial charge in [-0.15, -0.1) is 0 Å². The van der Waals surface area contributed by atoms with Crippen molar-refractivity contribution in [2.24, 2.45) is 7.05 Å². The summed E-state index contributed by atoms with van der Waals surface area (Å²) in [6.07, 6.45) is 1.90. The predicted molar refractivity (Wildman–Crippen MR) is 121 cm³/mol. The minimum absolute atomic E-state index is 0.0196. The lowest BCUT2D eigenvalue weighted by Gasteiger charge is -2.43. The fourth-order valence-corrected chi connectivity index (χ4v) is 5.66. The first kappa shape index (κ1) is 20.8. The summed E-state index contributed by atoms with van der Waals surface area (Å²) in [5.74, 6) is -0.326. The molecule has 0 N–H and O–H groups in total. The third-order valence-electron chi connectivity index (χ3n) is 7.30. The fourth-order valence-electron chi connectivity index (χ4n) is 5.66. The molecule has 0 radical (unpaired) electrons. The molecule has 0 bridgehead atoms. The highest BCUT2D eigenvalue weighted by Crippen LogP contribution is 2.49. The van der Waals surface area contributed by atoms with E-state index in [9.17, 15) is 18.8 Å². The van der Waals surface area contributed by atoms with Gasteiger partial charge in [0.05, 0.1) is 11.0 Å². The van der Waals surface area contributed by atoms with Crippen LogP contribution < -0.4 is 11.1 Å². The molecule has 7 heteroatoms. The van der Waals surface area contributed by atoms with E-state index < -0.39 is 11.1 Å². The number of nitrogens with zero attached hydrogens (tertiary/aromatic N) is 3. The monoisotopic (exact) mass is 435 g/mol. The molecule has 1 fully saturated rings. The van der Waals surface area contributed by atoms with Crippen molar-refractivity contribution in [3.63, 3.8) is 0 Å². The molecule has 32 heavy (non-hydrogen) atoms. The van der Waals surface area contributed by atoms with E-state index in [0.717, 1.165) is 42.7 Å². The maximum atomic E-state index is 13.1. The third kappa shape index (κ3) is 3.06. The van der Waals surface area contributed by atoms with Gasteiger partial charge in [-0.2, -0.15) is 0 Å². The van der Waals surface area contributed by atoms with E-state index in [1.165, 1.54) is 28.8 Å². The van der Waals surface area contributed by atoms with E-state index in [1.807, 2.05) is 12.1 Å². The first-order valence-electron chi connectivity index (χ1n) is 11.1. The second kappa shape index (κ2) is 7.52. The van der Waals surface area contributed by atoms with E-state index >= 15 is 0 Å².